The van der Waals surface area contributed by atoms with E-state index in [-0.39, 0.29) is 42.0 Å². The van der Waals surface area contributed by atoms with Crippen LogP contribution in [0.2, 0.25) is 0 Å². The van der Waals surface area contributed by atoms with E-state index in [0.29, 0.717) is 92.9 Å². The average Bonchev–Trinajstić information content (AvgIpc) is 1.67. The smallest absolute Gasteiger partial charge is 0.324 e. The summed E-state index contributed by atoms with van der Waals surface area (Å²) in [6.07, 6.45) is 4.64. The number of carbonyl (C=O) groups excluding carboxylic acids is 4. The highest BCUT2D eigenvalue weighted by Crippen LogP contribution is 2.35. The highest BCUT2D eigenvalue weighted by Gasteiger charge is 2.24. The van der Waals surface area contributed by atoms with Crippen LogP contribution in [-0.4, -0.2) is 120 Å². The molecular weight excluding hydrogens is 1250 g/mol. The Morgan fingerprint density at radius 2 is 0.918 bits per heavy atom. The number of pyridine rings is 2. The topological polar surface area (TPSA) is 271 Å². The molecule has 10 aromatic rings. The number of nitrogens with one attached hydrogen (secondary N) is 5. The normalized spacial score (nSPS) is 11.2. The lowest BCUT2D eigenvalue weighted by Crippen LogP contribution is -2.21. The molecule has 0 bridgehead atoms. The van der Waals surface area contributed by atoms with Gasteiger partial charge in [0.15, 0.2) is 0 Å². The van der Waals surface area contributed by atoms with Gasteiger partial charge in [-0.25, -0.2) is 28.9 Å². The molecule has 508 valence electrons. The summed E-state index contributed by atoms with van der Waals surface area (Å²) in [7, 11) is 3.14. The lowest BCUT2D eigenvalue weighted by atomic mass is 9.92. The molecule has 7 N–H and O–H groups in total. The van der Waals surface area contributed by atoms with Crippen molar-refractivity contribution < 1.29 is 47.6 Å². The molecule has 0 aliphatic carbocycles. The van der Waals surface area contributed by atoms with E-state index in [1.807, 2.05) is 172 Å². The van der Waals surface area contributed by atoms with Gasteiger partial charge in [-0.1, -0.05) is 125 Å². The number of amides is 5. The van der Waals surface area contributed by atoms with Crippen LogP contribution in [-0.2, 0) is 52.2 Å². The van der Waals surface area contributed by atoms with Gasteiger partial charge in [-0.05, 0) is 109 Å². The molecule has 0 spiro atoms. The van der Waals surface area contributed by atoms with E-state index < -0.39 is 5.24 Å². The SMILES string of the molecule is COCCOCC(=O)Cl.COCCOCC(=O)Nc1cc(CCOc2ccc(NC(=O)Nc3cc(C(C)(C)C)nn3-c3ccc(C)cc3)c3ccccc23)ccn1.Cc1ccc(-n2nc(C(C)(C)C)cc2NC(=O)Nc2ccc(OCCc3ccnc(N)c3)c3ccccc23)cc1. The second kappa shape index (κ2) is 35.0. The van der Waals surface area contributed by atoms with E-state index in [2.05, 4.69) is 82.8 Å². The quantitative estimate of drug-likeness (QED) is 0.0229. The van der Waals surface area contributed by atoms with E-state index in [9.17, 15) is 19.2 Å². The number of hydrogen-bond donors (Lipinski definition) is 6. The highest BCUT2D eigenvalue weighted by molar-refractivity contribution is 6.63. The number of aryl methyl sites for hydroxylation is 2. The average molecular weight is 1340 g/mol. The van der Waals surface area contributed by atoms with Crippen molar-refractivity contribution in [1.82, 2.24) is 29.5 Å². The molecule has 97 heavy (non-hydrogen) atoms. The summed E-state index contributed by atoms with van der Waals surface area (Å²) in [4.78, 5) is 57.0. The molecule has 5 amide bonds. The van der Waals surface area contributed by atoms with Crippen LogP contribution in [0.1, 0.15) is 75.2 Å². The van der Waals surface area contributed by atoms with Crippen molar-refractivity contribution in [2.75, 3.05) is 99.4 Å². The van der Waals surface area contributed by atoms with E-state index in [1.54, 1.807) is 36.0 Å². The van der Waals surface area contributed by atoms with Crippen LogP contribution < -0.4 is 41.8 Å². The number of hydrogen-bond acceptors (Lipinski definition) is 15. The summed E-state index contributed by atoms with van der Waals surface area (Å²) < 4.78 is 35.4. The fourth-order valence-electron chi connectivity index (χ4n) is 9.68. The van der Waals surface area contributed by atoms with Crippen LogP contribution in [0.25, 0.3) is 32.9 Å². The standard InChI is InChI=1S/C37H42N6O5.C32H34N6O2.C5H9ClO3/c1-25-10-12-27(13-11-25)43-34(23-32(42-43)37(2,3)4)41-36(45)39-30-14-15-31(29-9-7-6-8-28(29)30)48-19-17-26-16-18-38-33(22-26)40-35(44)24-47-21-20-46-5;1-21-9-11-23(12-10-21)38-30(20-28(37-38)32(2,3)4)36-31(39)35-26-13-14-27(25-8-6-5-7-24(25)26)40-18-16-22-15-17-34-29(33)19-22;1-8-2-3-9-4-5(6)7/h6-16,18,22-23H,17,19-21,24H2,1-5H3,(H,38,40,44)(H2,39,41,45);5-15,17,19-20H,16,18H2,1-4H3,(H2,33,34)(H2,35,36,39);2-4H2,1H3. The summed E-state index contributed by atoms with van der Waals surface area (Å²) in [6.45, 7) is 19.1. The number of aromatic nitrogens is 6. The van der Waals surface area contributed by atoms with Crippen molar-refractivity contribution in [2.24, 2.45) is 0 Å². The maximum absolute atomic E-state index is 13.4. The first-order chi connectivity index (χ1) is 46.5. The molecule has 0 unspecified atom stereocenters. The van der Waals surface area contributed by atoms with Gasteiger partial charge >= 0.3 is 12.1 Å². The van der Waals surface area contributed by atoms with Crippen LogP contribution in [0.5, 0.6) is 11.5 Å². The Balaban J connectivity index is 0.000000222. The predicted molar refractivity (Wildman–Crippen MR) is 383 cm³/mol. The van der Waals surface area contributed by atoms with Gasteiger partial charge in [0.25, 0.3) is 5.91 Å². The lowest BCUT2D eigenvalue weighted by Gasteiger charge is -2.15. The number of ether oxygens (including phenoxy) is 6. The number of benzene rings is 6. The molecule has 4 aromatic heterocycles. The van der Waals surface area contributed by atoms with E-state index in [0.717, 1.165) is 72.3 Å². The van der Waals surface area contributed by atoms with Gasteiger partial charge in [-0.2, -0.15) is 10.2 Å². The minimum absolute atomic E-state index is 0.0368. The van der Waals surface area contributed by atoms with E-state index in [4.69, 9.17) is 51.2 Å². The first-order valence-electron chi connectivity index (χ1n) is 31.6. The molecule has 0 radical (unpaired) electrons. The summed E-state index contributed by atoms with van der Waals surface area (Å²) in [6, 6.07) is 49.7. The maximum atomic E-state index is 13.4. The van der Waals surface area contributed by atoms with Crippen molar-refractivity contribution in [2.45, 2.75) is 79.1 Å². The molecule has 0 fully saturated rings. The fraction of sp³-hybridized carbons (Fsp3) is 0.297. The fourth-order valence-corrected chi connectivity index (χ4v) is 9.75. The Bertz CT molecular complexity index is 4260. The number of nitrogens with zero attached hydrogens (tertiary/aromatic N) is 6. The zero-order valence-electron chi connectivity index (χ0n) is 56.5. The molecule has 6 aromatic carbocycles. The third-order valence-electron chi connectivity index (χ3n) is 14.8. The molecule has 4 heterocycles. The van der Waals surface area contributed by atoms with Crippen LogP contribution in [0, 0.1) is 13.8 Å². The summed E-state index contributed by atoms with van der Waals surface area (Å²) in [5.41, 5.74) is 14.5. The minimum Gasteiger partial charge on any atom is -0.493 e. The van der Waals surface area contributed by atoms with Crippen LogP contribution in [0.4, 0.5) is 44.2 Å². The molecular formula is C74H85ClN12O10. The molecule has 0 aliphatic rings. The van der Waals surface area contributed by atoms with Crippen LogP contribution >= 0.6 is 11.6 Å². The lowest BCUT2D eigenvalue weighted by molar-refractivity contribution is -0.121. The molecule has 23 heteroatoms. The highest BCUT2D eigenvalue weighted by atomic mass is 35.5. The maximum Gasteiger partial charge on any atom is 0.324 e. The van der Waals surface area contributed by atoms with Gasteiger partial charge in [0.1, 0.15) is 48.0 Å². The van der Waals surface area contributed by atoms with Crippen LogP contribution in [0.3, 0.4) is 0 Å². The third kappa shape index (κ3) is 21.9. The van der Waals surface area contributed by atoms with Gasteiger partial charge in [-0.15, -0.1) is 0 Å². The molecule has 0 aliphatic heterocycles. The Kier molecular flexibility index (Phi) is 26.2. The van der Waals surface area contributed by atoms with Crippen molar-refractivity contribution >= 4 is 91.0 Å². The van der Waals surface area contributed by atoms with E-state index >= 15 is 0 Å². The largest absolute Gasteiger partial charge is 0.493 e. The third-order valence-corrected chi connectivity index (χ3v) is 14.9. The number of urea groups is 2. The minimum atomic E-state index is -0.480. The Hall–Kier alpha value is -10.2. The number of fused-ring (bicyclic) bond motifs is 2. The van der Waals surface area contributed by atoms with Gasteiger partial charge in [-0.3, -0.25) is 20.2 Å². The van der Waals surface area contributed by atoms with Crippen molar-refractivity contribution in [1.29, 1.82) is 0 Å². The Morgan fingerprint density at radius 1 is 0.485 bits per heavy atom. The van der Waals surface area contributed by atoms with Crippen LogP contribution in [0.15, 0.2) is 170 Å². The monoisotopic (exact) mass is 1340 g/mol. The molecule has 0 saturated heterocycles. The van der Waals surface area contributed by atoms with E-state index in [1.165, 1.54) is 0 Å². The van der Waals surface area contributed by atoms with Gasteiger partial charge < -0.3 is 50.1 Å². The Labute approximate surface area is 570 Å². The zero-order valence-corrected chi connectivity index (χ0v) is 57.2. The number of nitrogen functional groups attached to an aromatic ring is 1. The first-order valence-corrected chi connectivity index (χ1v) is 32.0. The molecule has 10 rings (SSSR count). The Morgan fingerprint density at radius 3 is 1.35 bits per heavy atom. The summed E-state index contributed by atoms with van der Waals surface area (Å²) >= 11 is 4.95. The van der Waals surface area contributed by atoms with Gasteiger partial charge in [0.05, 0.1) is 73.8 Å². The number of carbonyl (C=O) groups is 4. The number of nitrogens with two attached hydrogens (primary N) is 1. The number of halogens is 1. The van der Waals surface area contributed by atoms with Crippen molar-refractivity contribution in [3.8, 4) is 22.9 Å². The van der Waals surface area contributed by atoms with Gasteiger partial charge in [0, 0.05) is 84.0 Å². The number of rotatable bonds is 25. The second-order valence-corrected chi connectivity index (χ2v) is 25.0. The summed E-state index contributed by atoms with van der Waals surface area (Å²) in [5, 5.41) is 27.4. The predicted octanol–water partition coefficient (Wildman–Crippen LogP) is 14.2. The number of methoxy groups -OCH3 is 2. The zero-order chi connectivity index (χ0) is 69.5. The number of anilines is 6. The molecule has 0 saturated carbocycles. The van der Waals surface area contributed by atoms with Crippen molar-refractivity contribution in [3.63, 3.8) is 0 Å². The first kappa shape index (κ1) is 72.6. The molecule has 22 nitrogen and oxygen atoms in total. The second-order valence-electron chi connectivity index (χ2n) is 24.6. The van der Waals surface area contributed by atoms with Crippen molar-refractivity contribution in [3.05, 3.63) is 204 Å². The summed E-state index contributed by atoms with van der Waals surface area (Å²) in [5.74, 6) is 3.26. The molecule has 0 atom stereocenters. The van der Waals surface area contributed by atoms with Gasteiger partial charge in [0.2, 0.25) is 5.24 Å².